The van der Waals surface area contributed by atoms with Gasteiger partial charge in [0.05, 0.1) is 32.1 Å². The van der Waals surface area contributed by atoms with Crippen molar-refractivity contribution in [2.24, 2.45) is 0 Å². The van der Waals surface area contributed by atoms with Gasteiger partial charge in [0.2, 0.25) is 5.60 Å². The maximum atomic E-state index is 13.0. The number of unbranched alkanes of at least 4 members (excludes halogenated alkanes) is 14. The molecule has 6 atom stereocenters. The molecule has 0 bridgehead atoms. The van der Waals surface area contributed by atoms with E-state index in [4.69, 9.17) is 29.0 Å². The van der Waals surface area contributed by atoms with E-state index in [2.05, 4.69) is 17.0 Å². The number of nitriles is 1. The summed E-state index contributed by atoms with van der Waals surface area (Å²) < 4.78 is 42.4. The van der Waals surface area contributed by atoms with Gasteiger partial charge in [0, 0.05) is 6.61 Å². The van der Waals surface area contributed by atoms with E-state index in [9.17, 15) is 24.9 Å². The highest BCUT2D eigenvalue weighted by Gasteiger charge is 2.58. The summed E-state index contributed by atoms with van der Waals surface area (Å²) in [6.07, 6.45) is 14.9. The fourth-order valence-electron chi connectivity index (χ4n) is 6.66. The predicted molar refractivity (Wildman–Crippen MR) is 204 cm³/mol. The summed E-state index contributed by atoms with van der Waals surface area (Å²) in [5.74, 6) is 0.136. The summed E-state index contributed by atoms with van der Waals surface area (Å²) in [4.78, 5) is 14.5. The SMILES string of the molecule is CCCCCCCCCCCCCCCCCOC[C@H](COP(=O)(O)OC[C@H]1O[C@@](C#N)(c2ccc3c(N)ncnn23)[C@H](O)[C@@H]1O)OCc1ccccc1. The van der Waals surface area contributed by atoms with Crippen LogP contribution in [0.15, 0.2) is 48.8 Å². The lowest BCUT2D eigenvalue weighted by Crippen LogP contribution is -2.41. The number of fused-ring (bicyclic) bond motifs is 1. The van der Waals surface area contributed by atoms with Crippen molar-refractivity contribution in [3.63, 3.8) is 0 Å². The highest BCUT2D eigenvalue weighted by molar-refractivity contribution is 7.47. The van der Waals surface area contributed by atoms with Gasteiger partial charge < -0.3 is 35.1 Å². The van der Waals surface area contributed by atoms with Crippen LogP contribution in [0.25, 0.3) is 5.52 Å². The second-order valence-corrected chi connectivity index (χ2v) is 15.6. The van der Waals surface area contributed by atoms with E-state index >= 15 is 0 Å². The van der Waals surface area contributed by atoms with Crippen LogP contribution in [0.2, 0.25) is 0 Å². The first-order valence-corrected chi connectivity index (χ1v) is 21.1. The highest BCUT2D eigenvalue weighted by atomic mass is 31.2. The molecule has 1 unspecified atom stereocenters. The molecule has 1 aliphatic rings. The number of nitrogens with two attached hydrogens (primary N) is 1. The molecular weight excluding hydrogens is 713 g/mol. The summed E-state index contributed by atoms with van der Waals surface area (Å²) in [6, 6.07) is 14.5. The average Bonchev–Trinajstić information content (AvgIpc) is 3.72. The lowest BCUT2D eigenvalue weighted by Gasteiger charge is -2.24. The van der Waals surface area contributed by atoms with Gasteiger partial charge in [-0.15, -0.1) is 0 Å². The van der Waals surface area contributed by atoms with Gasteiger partial charge in [-0.05, 0) is 24.1 Å². The fraction of sp³-hybridized carbons (Fsp3) is 0.667. The largest absolute Gasteiger partial charge is 0.472 e. The molecule has 14 nitrogen and oxygen atoms in total. The number of nitrogens with zero attached hydrogens (tertiary/aromatic N) is 4. The Labute approximate surface area is 319 Å². The van der Waals surface area contributed by atoms with Gasteiger partial charge in [0.1, 0.15) is 42.3 Å². The molecule has 4 rings (SSSR count). The van der Waals surface area contributed by atoms with Crippen molar-refractivity contribution >= 4 is 19.2 Å². The maximum absolute atomic E-state index is 13.0. The van der Waals surface area contributed by atoms with Crippen LogP contribution in [0.1, 0.15) is 114 Å². The lowest BCUT2D eigenvalue weighted by molar-refractivity contribution is -0.0690. The maximum Gasteiger partial charge on any atom is 0.472 e. The first-order valence-electron chi connectivity index (χ1n) is 19.6. The average molecular weight is 774 g/mol. The van der Waals surface area contributed by atoms with Crippen molar-refractivity contribution in [1.29, 1.82) is 5.26 Å². The minimum atomic E-state index is -4.71. The standard InChI is InChI=1S/C39H60N5O9P/c1-2-3-4-5-6-7-8-9-10-11-12-13-14-15-19-24-49-26-32(50-25-31-20-17-16-18-21-31)27-51-54(47,48)52-28-34-36(45)37(46)39(29-40,53-34)35-23-22-33-38(41)42-30-43-44(33)35/h16-18,20-23,30,32,34,36-37,45-46H,2-15,19,24-28H2,1H3,(H,47,48)(H2,41,42,43)/t32-,34-,36-,37-,39+/m1/s1. The molecular formula is C39H60N5O9P. The zero-order valence-electron chi connectivity index (χ0n) is 31.7. The molecule has 2 aromatic heterocycles. The summed E-state index contributed by atoms with van der Waals surface area (Å²) in [7, 11) is -4.71. The number of nitrogen functional groups attached to an aromatic ring is 1. The molecule has 54 heavy (non-hydrogen) atoms. The van der Waals surface area contributed by atoms with Crippen molar-refractivity contribution < 1.29 is 42.9 Å². The van der Waals surface area contributed by atoms with Crippen LogP contribution in [0.4, 0.5) is 5.82 Å². The minimum absolute atomic E-state index is 0.0920. The van der Waals surface area contributed by atoms with E-state index < -0.39 is 44.4 Å². The van der Waals surface area contributed by atoms with Crippen molar-refractivity contribution in [3.8, 4) is 6.07 Å². The molecule has 3 aromatic rings. The lowest BCUT2D eigenvalue weighted by atomic mass is 9.92. The number of aromatic nitrogens is 3. The quantitative estimate of drug-likeness (QED) is 0.0446. The Kier molecular flexibility index (Phi) is 18.8. The Morgan fingerprint density at radius 3 is 2.19 bits per heavy atom. The molecule has 1 saturated heterocycles. The van der Waals surface area contributed by atoms with Gasteiger partial charge in [0.15, 0.2) is 5.82 Å². The second-order valence-electron chi connectivity index (χ2n) is 14.1. The van der Waals surface area contributed by atoms with Crippen LogP contribution in [0.3, 0.4) is 0 Å². The van der Waals surface area contributed by atoms with Gasteiger partial charge in [-0.2, -0.15) is 10.4 Å². The first kappa shape index (κ1) is 43.8. The molecule has 0 radical (unpaired) electrons. The molecule has 15 heteroatoms. The van der Waals surface area contributed by atoms with E-state index in [0.29, 0.717) is 12.1 Å². The molecule has 0 aliphatic carbocycles. The zero-order chi connectivity index (χ0) is 38.7. The van der Waals surface area contributed by atoms with E-state index in [1.807, 2.05) is 36.4 Å². The Hall–Kier alpha value is -2.96. The van der Waals surface area contributed by atoms with Gasteiger partial charge in [-0.1, -0.05) is 127 Å². The van der Waals surface area contributed by atoms with Gasteiger partial charge in [-0.25, -0.2) is 14.1 Å². The number of anilines is 1. The number of phosphoric acid groups is 1. The van der Waals surface area contributed by atoms with E-state index in [1.165, 1.54) is 100 Å². The Bertz CT molecular complexity index is 1590. The minimum Gasteiger partial charge on any atom is -0.387 e. The van der Waals surface area contributed by atoms with Crippen LogP contribution in [-0.2, 0) is 40.0 Å². The predicted octanol–water partition coefficient (Wildman–Crippen LogP) is 6.76. The molecule has 300 valence electrons. The first-order chi connectivity index (χ1) is 26.2. The van der Waals surface area contributed by atoms with Crippen LogP contribution in [-0.4, -0.2) is 80.5 Å². The normalized spacial score (nSPS) is 21.6. The Balaban J connectivity index is 1.17. The molecule has 0 saturated carbocycles. The van der Waals surface area contributed by atoms with Crippen LogP contribution < -0.4 is 5.73 Å². The van der Waals surface area contributed by atoms with E-state index in [1.54, 1.807) is 6.07 Å². The number of hydrogen-bond donors (Lipinski definition) is 4. The molecule has 3 heterocycles. The monoisotopic (exact) mass is 773 g/mol. The van der Waals surface area contributed by atoms with Crippen LogP contribution in [0, 0.1) is 11.3 Å². The Morgan fingerprint density at radius 1 is 0.926 bits per heavy atom. The smallest absolute Gasteiger partial charge is 0.387 e. The number of aliphatic hydroxyl groups excluding tert-OH is 2. The number of phosphoric ester groups is 1. The number of hydrogen-bond acceptors (Lipinski definition) is 12. The third kappa shape index (κ3) is 13.4. The number of benzene rings is 1. The van der Waals surface area contributed by atoms with E-state index in [-0.39, 0.29) is 31.3 Å². The van der Waals surface area contributed by atoms with Gasteiger partial charge >= 0.3 is 7.82 Å². The summed E-state index contributed by atoms with van der Waals surface area (Å²) in [5.41, 5.74) is 5.20. The molecule has 5 N–H and O–H groups in total. The van der Waals surface area contributed by atoms with Crippen LogP contribution >= 0.6 is 7.82 Å². The molecule has 0 amide bonds. The molecule has 1 aromatic carbocycles. The number of rotatable bonds is 28. The number of aliphatic hydroxyl groups is 2. The second kappa shape index (κ2) is 23.2. The van der Waals surface area contributed by atoms with E-state index in [0.717, 1.165) is 18.4 Å². The number of ether oxygens (including phenoxy) is 3. The summed E-state index contributed by atoms with van der Waals surface area (Å²) >= 11 is 0. The highest BCUT2D eigenvalue weighted by Crippen LogP contribution is 2.46. The van der Waals surface area contributed by atoms with Gasteiger partial charge in [0.25, 0.3) is 0 Å². The molecule has 0 spiro atoms. The summed E-state index contributed by atoms with van der Waals surface area (Å²) in [6.45, 7) is 2.21. The van der Waals surface area contributed by atoms with Gasteiger partial charge in [-0.3, -0.25) is 9.05 Å². The third-order valence-corrected chi connectivity index (χ3v) is 10.8. The van der Waals surface area contributed by atoms with Crippen molar-refractivity contribution in [2.45, 2.75) is 140 Å². The van der Waals surface area contributed by atoms with Crippen LogP contribution in [0.5, 0.6) is 0 Å². The Morgan fingerprint density at radius 2 is 1.56 bits per heavy atom. The fourth-order valence-corrected chi connectivity index (χ4v) is 7.42. The zero-order valence-corrected chi connectivity index (χ0v) is 32.6. The topological polar surface area (TPSA) is 204 Å². The van der Waals surface area contributed by atoms with Crippen molar-refractivity contribution in [1.82, 2.24) is 14.6 Å². The summed E-state index contributed by atoms with van der Waals surface area (Å²) in [5, 5.41) is 36.0. The van der Waals surface area contributed by atoms with Crippen molar-refractivity contribution in [2.75, 3.05) is 32.2 Å². The molecule has 1 aliphatic heterocycles. The third-order valence-electron chi connectivity index (χ3n) is 9.84. The van der Waals surface area contributed by atoms with Crippen molar-refractivity contribution in [3.05, 3.63) is 60.0 Å². The molecule has 1 fully saturated rings.